The Bertz CT molecular complexity index is 1560. The summed E-state index contributed by atoms with van der Waals surface area (Å²) in [6.45, 7) is 3.47. The fourth-order valence-corrected chi connectivity index (χ4v) is 4.47. The summed E-state index contributed by atoms with van der Waals surface area (Å²) in [4.78, 5) is 37.2. The highest BCUT2D eigenvalue weighted by molar-refractivity contribution is 6.30. The van der Waals surface area contributed by atoms with E-state index in [1.807, 2.05) is 30.3 Å². The minimum Gasteiger partial charge on any atom is -0.493 e. The van der Waals surface area contributed by atoms with Crippen LogP contribution in [0.4, 0.5) is 4.79 Å². The number of urea groups is 1. The normalized spacial score (nSPS) is 14.5. The zero-order valence-corrected chi connectivity index (χ0v) is 24.6. The van der Waals surface area contributed by atoms with E-state index in [0.29, 0.717) is 40.0 Å². The smallest absolute Gasteiger partial charge is 0.338 e. The summed E-state index contributed by atoms with van der Waals surface area (Å²) in [7, 11) is 1.44. The maximum atomic E-state index is 12.6. The van der Waals surface area contributed by atoms with Crippen molar-refractivity contribution >= 4 is 35.7 Å². The number of amides is 3. The third kappa shape index (κ3) is 8.26. The Morgan fingerprint density at radius 3 is 2.60 bits per heavy atom. The third-order valence-electron chi connectivity index (χ3n) is 6.24. The minimum atomic E-state index is -0.772. The molecule has 4 rings (SSSR count). The highest BCUT2D eigenvalue weighted by atomic mass is 35.5. The molecule has 1 heterocycles. The van der Waals surface area contributed by atoms with E-state index in [4.69, 9.17) is 30.5 Å². The first kappa shape index (κ1) is 30.9. The molecule has 0 bridgehead atoms. The van der Waals surface area contributed by atoms with Gasteiger partial charge in [0.2, 0.25) is 0 Å². The van der Waals surface area contributed by atoms with E-state index in [1.54, 1.807) is 50.2 Å². The quantitative estimate of drug-likeness (QED) is 0.155. The van der Waals surface area contributed by atoms with Crippen molar-refractivity contribution in [1.82, 2.24) is 16.1 Å². The van der Waals surface area contributed by atoms with Crippen LogP contribution in [0.5, 0.6) is 17.2 Å². The number of methoxy groups -OCH3 is 1. The lowest BCUT2D eigenvalue weighted by atomic mass is 9.95. The molecule has 43 heavy (non-hydrogen) atoms. The highest BCUT2D eigenvalue weighted by Crippen LogP contribution is 2.34. The zero-order valence-electron chi connectivity index (χ0n) is 23.8. The highest BCUT2D eigenvalue weighted by Gasteiger charge is 2.32. The molecule has 1 aliphatic rings. The fraction of sp³-hybridized carbons (Fsp3) is 0.226. The second kappa shape index (κ2) is 14.7. The average Bonchev–Trinajstić information content (AvgIpc) is 2.99. The number of allylic oxidation sites excluding steroid dienone is 1. The van der Waals surface area contributed by atoms with E-state index in [0.717, 1.165) is 5.56 Å². The van der Waals surface area contributed by atoms with Crippen LogP contribution in [0.3, 0.4) is 0 Å². The van der Waals surface area contributed by atoms with Crippen molar-refractivity contribution in [3.63, 3.8) is 0 Å². The number of hydrazone groups is 1. The number of benzene rings is 3. The van der Waals surface area contributed by atoms with E-state index in [-0.39, 0.29) is 24.5 Å². The largest absolute Gasteiger partial charge is 0.493 e. The Hall–Kier alpha value is -5.03. The SMILES string of the molecule is CCOC(=O)C1=C(C)NC(=O)N[C@@H]1c1ccc(OCC(=O)N/N=C/c2ccccc2OCc2cccc(Cl)c2)c(OC)c1. The maximum absolute atomic E-state index is 12.6. The van der Waals surface area contributed by atoms with Gasteiger partial charge in [0.15, 0.2) is 18.1 Å². The number of carbonyl (C=O) groups excluding carboxylic acids is 3. The van der Waals surface area contributed by atoms with Gasteiger partial charge in [-0.25, -0.2) is 15.0 Å². The molecule has 3 aromatic rings. The molecule has 1 atom stereocenters. The van der Waals surface area contributed by atoms with E-state index in [1.165, 1.54) is 13.3 Å². The second-order valence-electron chi connectivity index (χ2n) is 9.24. The molecular weight excluding hydrogens is 576 g/mol. The number of carbonyl (C=O) groups is 3. The van der Waals surface area contributed by atoms with Gasteiger partial charge < -0.3 is 29.6 Å². The van der Waals surface area contributed by atoms with Gasteiger partial charge >= 0.3 is 12.0 Å². The summed E-state index contributed by atoms with van der Waals surface area (Å²) in [5.74, 6) is 0.109. The molecule has 0 aliphatic carbocycles. The molecule has 0 aromatic heterocycles. The van der Waals surface area contributed by atoms with Crippen molar-refractivity contribution < 1.29 is 33.3 Å². The molecule has 1 aliphatic heterocycles. The van der Waals surface area contributed by atoms with Crippen LogP contribution >= 0.6 is 11.6 Å². The summed E-state index contributed by atoms with van der Waals surface area (Å²) in [5, 5.41) is 9.97. The molecule has 0 unspecified atom stereocenters. The number of nitrogens with zero attached hydrogens (tertiary/aromatic N) is 1. The van der Waals surface area contributed by atoms with Crippen LogP contribution in [0.1, 0.15) is 36.6 Å². The summed E-state index contributed by atoms with van der Waals surface area (Å²) in [6, 6.07) is 18.3. The van der Waals surface area contributed by atoms with E-state index < -0.39 is 23.9 Å². The standard InChI is InChI=1S/C31H31ClN4O7/c1-4-41-30(38)28-19(2)34-31(39)35-29(28)21-12-13-25(26(15-21)40-3)43-18-27(37)36-33-16-22-9-5-6-11-24(22)42-17-20-8-7-10-23(32)14-20/h5-16,29H,4,17-18H2,1-3H3,(H,36,37)(H2,34,35,39)/b33-16+/t29-/m1/s1. The lowest BCUT2D eigenvalue weighted by Crippen LogP contribution is -2.45. The second-order valence-corrected chi connectivity index (χ2v) is 9.68. The summed E-state index contributed by atoms with van der Waals surface area (Å²) < 4.78 is 22.2. The number of halogens is 1. The van der Waals surface area contributed by atoms with Gasteiger partial charge in [-0.3, -0.25) is 4.79 Å². The molecule has 0 saturated carbocycles. The van der Waals surface area contributed by atoms with E-state index in [9.17, 15) is 14.4 Å². The van der Waals surface area contributed by atoms with Crippen LogP contribution in [0.15, 0.2) is 83.1 Å². The monoisotopic (exact) mass is 606 g/mol. The molecule has 0 saturated heterocycles. The van der Waals surface area contributed by atoms with Crippen LogP contribution in [-0.2, 0) is 20.9 Å². The molecule has 3 aromatic carbocycles. The van der Waals surface area contributed by atoms with Crippen molar-refractivity contribution in [1.29, 1.82) is 0 Å². The predicted molar refractivity (Wildman–Crippen MR) is 160 cm³/mol. The number of rotatable bonds is 12. The molecular formula is C31H31ClN4O7. The van der Waals surface area contributed by atoms with Gasteiger partial charge in [-0.15, -0.1) is 0 Å². The molecule has 12 heteroatoms. The first-order valence-electron chi connectivity index (χ1n) is 13.3. The average molecular weight is 607 g/mol. The third-order valence-corrected chi connectivity index (χ3v) is 6.47. The van der Waals surface area contributed by atoms with Gasteiger partial charge in [0.05, 0.1) is 31.5 Å². The van der Waals surface area contributed by atoms with E-state index in [2.05, 4.69) is 21.2 Å². The van der Waals surface area contributed by atoms with Gasteiger partial charge in [-0.05, 0) is 61.4 Å². The maximum Gasteiger partial charge on any atom is 0.338 e. The van der Waals surface area contributed by atoms with Gasteiger partial charge in [0.1, 0.15) is 12.4 Å². The van der Waals surface area contributed by atoms with Crippen molar-refractivity contribution in [2.45, 2.75) is 26.5 Å². The van der Waals surface area contributed by atoms with Gasteiger partial charge in [0, 0.05) is 16.3 Å². The molecule has 224 valence electrons. The summed E-state index contributed by atoms with van der Waals surface area (Å²) in [5.41, 5.74) is 5.23. The van der Waals surface area contributed by atoms with Crippen molar-refractivity contribution in [3.8, 4) is 17.2 Å². The lowest BCUT2D eigenvalue weighted by Gasteiger charge is -2.28. The van der Waals surface area contributed by atoms with Crippen LogP contribution < -0.4 is 30.3 Å². The topological polar surface area (TPSA) is 137 Å². The minimum absolute atomic E-state index is 0.183. The fourth-order valence-electron chi connectivity index (χ4n) is 4.26. The first-order valence-corrected chi connectivity index (χ1v) is 13.7. The van der Waals surface area contributed by atoms with Crippen molar-refractivity contribution in [2.24, 2.45) is 5.10 Å². The van der Waals surface area contributed by atoms with E-state index >= 15 is 0 Å². The zero-order chi connectivity index (χ0) is 30.8. The Labute approximate surface area is 253 Å². The van der Waals surface area contributed by atoms with Crippen LogP contribution in [0.25, 0.3) is 0 Å². The van der Waals surface area contributed by atoms with Crippen molar-refractivity contribution in [2.75, 3.05) is 20.3 Å². The summed E-state index contributed by atoms with van der Waals surface area (Å²) >= 11 is 6.04. The van der Waals surface area contributed by atoms with Gasteiger partial charge in [0.25, 0.3) is 5.91 Å². The number of hydrogen-bond donors (Lipinski definition) is 3. The molecule has 3 N–H and O–H groups in total. The number of esters is 1. The Kier molecular flexibility index (Phi) is 10.6. The molecule has 0 radical (unpaired) electrons. The van der Waals surface area contributed by atoms with Gasteiger partial charge in [-0.2, -0.15) is 5.10 Å². The number of para-hydroxylation sites is 1. The molecule has 11 nitrogen and oxygen atoms in total. The van der Waals surface area contributed by atoms with Crippen molar-refractivity contribution in [3.05, 3.63) is 99.7 Å². The molecule has 0 fully saturated rings. The first-order chi connectivity index (χ1) is 20.8. The number of nitrogens with one attached hydrogen (secondary N) is 3. The Morgan fingerprint density at radius 1 is 1.02 bits per heavy atom. The Balaban J connectivity index is 1.37. The summed E-state index contributed by atoms with van der Waals surface area (Å²) in [6.07, 6.45) is 1.48. The molecule has 3 amide bonds. The van der Waals surface area contributed by atoms with Gasteiger partial charge in [-0.1, -0.05) is 41.9 Å². The molecule has 0 spiro atoms. The van der Waals surface area contributed by atoms with Crippen LogP contribution in [0.2, 0.25) is 5.02 Å². The van der Waals surface area contributed by atoms with Crippen LogP contribution in [0, 0.1) is 0 Å². The predicted octanol–water partition coefficient (Wildman–Crippen LogP) is 4.65. The number of hydrogen-bond acceptors (Lipinski definition) is 8. The number of ether oxygens (including phenoxy) is 4. The lowest BCUT2D eigenvalue weighted by molar-refractivity contribution is -0.139. The Morgan fingerprint density at radius 2 is 1.84 bits per heavy atom. The van der Waals surface area contributed by atoms with Crippen LogP contribution in [-0.4, -0.2) is 44.4 Å².